The molecule has 2 nitrogen and oxygen atoms in total. The van der Waals surface area contributed by atoms with Gasteiger partial charge < -0.3 is 9.80 Å². The van der Waals surface area contributed by atoms with Crippen molar-refractivity contribution in [3.05, 3.63) is 28.8 Å². The van der Waals surface area contributed by atoms with Crippen molar-refractivity contribution in [3.63, 3.8) is 0 Å². The smallest absolute Gasteiger partial charge is 0.141 e. The predicted octanol–water partition coefficient (Wildman–Crippen LogP) is 3.00. The summed E-state index contributed by atoms with van der Waals surface area (Å²) in [6.45, 7) is 1.98. The van der Waals surface area contributed by atoms with E-state index < -0.39 is 0 Å². The average molecular weight is 216 g/mol. The van der Waals surface area contributed by atoms with Crippen molar-refractivity contribution in [2.24, 2.45) is 0 Å². The van der Waals surface area contributed by atoms with Crippen LogP contribution < -0.4 is 9.80 Å². The standard InChI is InChI=1S/C9H9Cl2N2/c1-12-5-13(2)9-4-7(11)6(10)3-8(9)12/h3-5H,1-2H3. The van der Waals surface area contributed by atoms with Gasteiger partial charge in [0.2, 0.25) is 0 Å². The van der Waals surface area contributed by atoms with Gasteiger partial charge in [-0.2, -0.15) is 0 Å². The van der Waals surface area contributed by atoms with Crippen LogP contribution in [0.1, 0.15) is 0 Å². The van der Waals surface area contributed by atoms with E-state index >= 15 is 0 Å². The maximum absolute atomic E-state index is 5.91. The van der Waals surface area contributed by atoms with Gasteiger partial charge in [0.05, 0.1) is 21.4 Å². The first-order valence-corrected chi connectivity index (χ1v) is 4.65. The maximum Gasteiger partial charge on any atom is 0.141 e. The molecule has 0 saturated heterocycles. The van der Waals surface area contributed by atoms with E-state index in [9.17, 15) is 0 Å². The maximum atomic E-state index is 5.91. The fraction of sp³-hybridized carbons (Fsp3) is 0.222. The molecular formula is C9H9Cl2N2. The minimum absolute atomic E-state index is 0.593. The van der Waals surface area contributed by atoms with Crippen LogP contribution in [0.2, 0.25) is 10.0 Å². The molecule has 0 saturated carbocycles. The summed E-state index contributed by atoms with van der Waals surface area (Å²) in [5.41, 5.74) is 2.16. The molecule has 1 aromatic rings. The lowest BCUT2D eigenvalue weighted by Crippen LogP contribution is -2.16. The first kappa shape index (κ1) is 8.97. The summed E-state index contributed by atoms with van der Waals surface area (Å²) in [5.74, 6) is 0. The molecule has 0 fully saturated rings. The van der Waals surface area contributed by atoms with Crippen LogP contribution in [0, 0.1) is 6.67 Å². The van der Waals surface area contributed by atoms with Gasteiger partial charge in [0, 0.05) is 14.1 Å². The fourth-order valence-corrected chi connectivity index (χ4v) is 1.79. The van der Waals surface area contributed by atoms with E-state index in [1.165, 1.54) is 0 Å². The number of hydrogen-bond acceptors (Lipinski definition) is 2. The number of rotatable bonds is 0. The van der Waals surface area contributed by atoms with E-state index in [-0.39, 0.29) is 0 Å². The topological polar surface area (TPSA) is 6.48 Å². The summed E-state index contributed by atoms with van der Waals surface area (Å²) in [6.07, 6.45) is 0. The molecule has 0 aliphatic carbocycles. The van der Waals surface area contributed by atoms with E-state index in [1.807, 2.05) is 42.7 Å². The molecule has 1 radical (unpaired) electrons. The van der Waals surface area contributed by atoms with Gasteiger partial charge in [0.25, 0.3) is 0 Å². The van der Waals surface area contributed by atoms with Crippen molar-refractivity contribution in [1.29, 1.82) is 0 Å². The Hall–Kier alpha value is -0.600. The summed E-state index contributed by atoms with van der Waals surface area (Å²) < 4.78 is 0. The van der Waals surface area contributed by atoms with Gasteiger partial charge in [0.1, 0.15) is 6.67 Å². The molecule has 0 atom stereocenters. The number of benzene rings is 1. The second-order valence-corrected chi connectivity index (χ2v) is 3.91. The molecule has 0 bridgehead atoms. The first-order valence-electron chi connectivity index (χ1n) is 3.89. The van der Waals surface area contributed by atoms with Crippen LogP contribution in [0.15, 0.2) is 12.1 Å². The zero-order chi connectivity index (χ0) is 9.59. The number of fused-ring (bicyclic) bond motifs is 1. The lowest BCUT2D eigenvalue weighted by Gasteiger charge is -2.10. The Morgan fingerprint density at radius 1 is 0.923 bits per heavy atom. The van der Waals surface area contributed by atoms with E-state index in [0.717, 1.165) is 11.4 Å². The summed E-state index contributed by atoms with van der Waals surface area (Å²) in [5, 5.41) is 1.19. The third kappa shape index (κ3) is 1.34. The molecule has 0 N–H and O–H groups in total. The molecule has 1 aromatic carbocycles. The van der Waals surface area contributed by atoms with Gasteiger partial charge in [-0.05, 0) is 12.1 Å². The van der Waals surface area contributed by atoms with Crippen molar-refractivity contribution in [2.75, 3.05) is 23.9 Å². The molecule has 0 amide bonds. The highest BCUT2D eigenvalue weighted by atomic mass is 35.5. The Balaban J connectivity index is 2.58. The monoisotopic (exact) mass is 215 g/mol. The molecule has 1 aliphatic rings. The Bertz CT molecular complexity index is 319. The molecule has 0 aromatic heterocycles. The van der Waals surface area contributed by atoms with Crippen LogP contribution in [-0.4, -0.2) is 14.1 Å². The van der Waals surface area contributed by atoms with E-state index in [2.05, 4.69) is 0 Å². The average Bonchev–Trinajstić information content (AvgIpc) is 2.31. The predicted molar refractivity (Wildman–Crippen MR) is 57.6 cm³/mol. The first-order chi connectivity index (χ1) is 6.09. The molecule has 1 heterocycles. The van der Waals surface area contributed by atoms with E-state index in [1.54, 1.807) is 0 Å². The summed E-state index contributed by atoms with van der Waals surface area (Å²) in [6, 6.07) is 3.75. The van der Waals surface area contributed by atoms with Gasteiger partial charge in [-0.3, -0.25) is 0 Å². The Labute approximate surface area is 87.6 Å². The molecule has 2 rings (SSSR count). The number of halogens is 2. The minimum Gasteiger partial charge on any atom is -0.349 e. The Morgan fingerprint density at radius 3 is 1.69 bits per heavy atom. The van der Waals surface area contributed by atoms with Crippen molar-refractivity contribution in [2.45, 2.75) is 0 Å². The van der Waals surface area contributed by atoms with Gasteiger partial charge >= 0.3 is 0 Å². The summed E-state index contributed by atoms with van der Waals surface area (Å²) in [7, 11) is 3.96. The molecule has 0 unspecified atom stereocenters. The van der Waals surface area contributed by atoms with Crippen molar-refractivity contribution in [1.82, 2.24) is 0 Å². The quantitative estimate of drug-likeness (QED) is 0.657. The highest BCUT2D eigenvalue weighted by molar-refractivity contribution is 6.42. The SMILES string of the molecule is CN1[CH]N(C)c2cc(Cl)c(Cl)cc21. The van der Waals surface area contributed by atoms with Crippen molar-refractivity contribution < 1.29 is 0 Å². The summed E-state index contributed by atoms with van der Waals surface area (Å²) >= 11 is 11.8. The second-order valence-electron chi connectivity index (χ2n) is 3.09. The molecule has 69 valence electrons. The lowest BCUT2D eigenvalue weighted by molar-refractivity contribution is 1.04. The minimum atomic E-state index is 0.593. The van der Waals surface area contributed by atoms with Crippen LogP contribution in [-0.2, 0) is 0 Å². The van der Waals surface area contributed by atoms with Gasteiger partial charge in [-0.25, -0.2) is 0 Å². The van der Waals surface area contributed by atoms with Crippen LogP contribution >= 0.6 is 23.2 Å². The van der Waals surface area contributed by atoms with Crippen molar-refractivity contribution in [3.8, 4) is 0 Å². The number of anilines is 2. The third-order valence-corrected chi connectivity index (χ3v) is 2.85. The molecule has 1 aliphatic heterocycles. The Morgan fingerprint density at radius 2 is 1.31 bits per heavy atom. The zero-order valence-electron chi connectivity index (χ0n) is 7.38. The molecule has 0 spiro atoms. The molecular weight excluding hydrogens is 207 g/mol. The van der Waals surface area contributed by atoms with Gasteiger partial charge in [-0.15, -0.1) is 0 Å². The zero-order valence-corrected chi connectivity index (χ0v) is 8.89. The normalized spacial score (nSPS) is 15.1. The largest absolute Gasteiger partial charge is 0.349 e. The van der Waals surface area contributed by atoms with Gasteiger partial charge in [0.15, 0.2) is 0 Å². The third-order valence-electron chi connectivity index (χ3n) is 2.12. The molecule has 13 heavy (non-hydrogen) atoms. The van der Waals surface area contributed by atoms with Crippen LogP contribution in [0.3, 0.4) is 0 Å². The van der Waals surface area contributed by atoms with Crippen LogP contribution in [0.4, 0.5) is 11.4 Å². The number of hydrogen-bond donors (Lipinski definition) is 0. The summed E-state index contributed by atoms with van der Waals surface area (Å²) in [4.78, 5) is 4.02. The second kappa shape index (κ2) is 2.96. The van der Waals surface area contributed by atoms with Crippen LogP contribution in [0.5, 0.6) is 0 Å². The molecule has 4 heteroatoms. The highest BCUT2D eigenvalue weighted by Gasteiger charge is 2.22. The fourth-order valence-electron chi connectivity index (χ4n) is 1.48. The number of nitrogens with zero attached hydrogens (tertiary/aromatic N) is 2. The van der Waals surface area contributed by atoms with Gasteiger partial charge in [-0.1, -0.05) is 23.2 Å². The van der Waals surface area contributed by atoms with E-state index in [0.29, 0.717) is 10.0 Å². The van der Waals surface area contributed by atoms with Crippen molar-refractivity contribution >= 4 is 34.6 Å². The highest BCUT2D eigenvalue weighted by Crippen LogP contribution is 2.41. The van der Waals surface area contributed by atoms with E-state index in [4.69, 9.17) is 23.2 Å². The Kier molecular flexibility index (Phi) is 2.05. The van der Waals surface area contributed by atoms with Crippen LogP contribution in [0.25, 0.3) is 0 Å². The lowest BCUT2D eigenvalue weighted by atomic mass is 10.2.